The van der Waals surface area contributed by atoms with Crippen LogP contribution in [0, 0.1) is 0 Å². The lowest BCUT2D eigenvalue weighted by molar-refractivity contribution is 0.399. The van der Waals surface area contributed by atoms with E-state index in [9.17, 15) is 0 Å². The fraction of sp³-hybridized carbons (Fsp3) is 0.600. The van der Waals surface area contributed by atoms with Crippen LogP contribution >= 0.6 is 0 Å². The van der Waals surface area contributed by atoms with Crippen molar-refractivity contribution in [2.75, 3.05) is 13.7 Å². The second-order valence-electron chi connectivity index (χ2n) is 5.19. The van der Waals surface area contributed by atoms with Crippen molar-refractivity contribution in [1.29, 1.82) is 0 Å². The molecule has 94 valence electrons. The summed E-state index contributed by atoms with van der Waals surface area (Å²) in [5.41, 5.74) is 2.67. The molecular weight excluding hydrogens is 210 g/mol. The summed E-state index contributed by atoms with van der Waals surface area (Å²) < 4.78 is 5.62. The van der Waals surface area contributed by atoms with Crippen LogP contribution in [0.25, 0.3) is 0 Å². The van der Waals surface area contributed by atoms with Crippen LogP contribution in [0.1, 0.15) is 43.7 Å². The highest BCUT2D eigenvalue weighted by molar-refractivity contribution is 5.43. The summed E-state index contributed by atoms with van der Waals surface area (Å²) in [6.07, 6.45) is 3.68. The third-order valence-corrected chi connectivity index (χ3v) is 3.58. The Bertz CT molecular complexity index is 367. The van der Waals surface area contributed by atoms with E-state index < -0.39 is 0 Å². The largest absolute Gasteiger partial charge is 0.496 e. The Labute approximate surface area is 104 Å². The maximum absolute atomic E-state index is 5.62. The first-order chi connectivity index (χ1) is 8.22. The zero-order valence-electron chi connectivity index (χ0n) is 11.1. The Morgan fingerprint density at radius 3 is 2.82 bits per heavy atom. The topological polar surface area (TPSA) is 21.3 Å². The fourth-order valence-corrected chi connectivity index (χ4v) is 2.67. The Hall–Kier alpha value is -1.02. The Morgan fingerprint density at radius 1 is 1.41 bits per heavy atom. The van der Waals surface area contributed by atoms with Gasteiger partial charge in [-0.25, -0.2) is 0 Å². The number of para-hydroxylation sites is 1. The summed E-state index contributed by atoms with van der Waals surface area (Å²) in [6, 6.07) is 7.16. The zero-order chi connectivity index (χ0) is 12.3. The van der Waals surface area contributed by atoms with E-state index in [-0.39, 0.29) is 0 Å². The van der Waals surface area contributed by atoms with Crippen LogP contribution in [0.4, 0.5) is 0 Å². The summed E-state index contributed by atoms with van der Waals surface area (Å²) in [7, 11) is 1.78. The Morgan fingerprint density at radius 2 is 2.24 bits per heavy atom. The van der Waals surface area contributed by atoms with E-state index >= 15 is 0 Å². The maximum atomic E-state index is 5.62. The minimum Gasteiger partial charge on any atom is -0.496 e. The van der Waals surface area contributed by atoms with Crippen LogP contribution in [-0.4, -0.2) is 19.7 Å². The molecule has 2 nitrogen and oxygen atoms in total. The van der Waals surface area contributed by atoms with Gasteiger partial charge in [-0.05, 0) is 42.9 Å². The number of ether oxygens (including phenoxy) is 1. The number of rotatable bonds is 4. The average molecular weight is 233 g/mol. The van der Waals surface area contributed by atoms with E-state index in [0.29, 0.717) is 12.0 Å². The molecule has 1 aliphatic rings. The number of nitrogens with one attached hydrogen (secondary N) is 1. The predicted molar refractivity (Wildman–Crippen MR) is 71.8 cm³/mol. The molecule has 1 heterocycles. The summed E-state index contributed by atoms with van der Waals surface area (Å²) in [5, 5.41) is 3.55. The number of benzene rings is 1. The standard InChI is InChI=1S/C15H23NO/c1-11(2)14-8-4-6-12(15(14)17-3)10-13-7-5-9-16-13/h4,6,8,11,13,16H,5,7,9-10H2,1-3H3. The van der Waals surface area contributed by atoms with Crippen molar-refractivity contribution in [2.24, 2.45) is 0 Å². The van der Waals surface area contributed by atoms with Gasteiger partial charge in [0.25, 0.3) is 0 Å². The van der Waals surface area contributed by atoms with E-state index in [1.54, 1.807) is 7.11 Å². The third kappa shape index (κ3) is 2.81. The van der Waals surface area contributed by atoms with Crippen molar-refractivity contribution in [3.8, 4) is 5.75 Å². The molecule has 0 bridgehead atoms. The number of hydrogen-bond acceptors (Lipinski definition) is 2. The quantitative estimate of drug-likeness (QED) is 0.862. The lowest BCUT2D eigenvalue weighted by Gasteiger charge is -2.18. The van der Waals surface area contributed by atoms with E-state index in [2.05, 4.69) is 37.4 Å². The molecule has 0 amide bonds. The van der Waals surface area contributed by atoms with Gasteiger partial charge in [0.2, 0.25) is 0 Å². The van der Waals surface area contributed by atoms with Gasteiger partial charge >= 0.3 is 0 Å². The average Bonchev–Trinajstić information content (AvgIpc) is 2.81. The van der Waals surface area contributed by atoms with Crippen molar-refractivity contribution in [2.45, 2.75) is 45.1 Å². The van der Waals surface area contributed by atoms with Crippen molar-refractivity contribution in [3.63, 3.8) is 0 Å². The first-order valence-corrected chi connectivity index (χ1v) is 6.61. The van der Waals surface area contributed by atoms with Crippen LogP contribution in [0.5, 0.6) is 5.75 Å². The van der Waals surface area contributed by atoms with Crippen molar-refractivity contribution < 1.29 is 4.74 Å². The van der Waals surface area contributed by atoms with Crippen molar-refractivity contribution in [1.82, 2.24) is 5.32 Å². The third-order valence-electron chi connectivity index (χ3n) is 3.58. The van der Waals surface area contributed by atoms with E-state index in [0.717, 1.165) is 18.7 Å². The van der Waals surface area contributed by atoms with E-state index in [4.69, 9.17) is 4.74 Å². The zero-order valence-corrected chi connectivity index (χ0v) is 11.1. The van der Waals surface area contributed by atoms with Crippen molar-refractivity contribution in [3.05, 3.63) is 29.3 Å². The van der Waals surface area contributed by atoms with Gasteiger partial charge in [0, 0.05) is 6.04 Å². The molecule has 0 aromatic heterocycles. The van der Waals surface area contributed by atoms with Gasteiger partial charge in [-0.3, -0.25) is 0 Å². The smallest absolute Gasteiger partial charge is 0.125 e. The lowest BCUT2D eigenvalue weighted by Crippen LogP contribution is -2.24. The van der Waals surface area contributed by atoms with Gasteiger partial charge in [0.1, 0.15) is 5.75 Å². The Balaban J connectivity index is 2.22. The predicted octanol–water partition coefficient (Wildman–Crippen LogP) is 3.11. The summed E-state index contributed by atoms with van der Waals surface area (Å²) in [4.78, 5) is 0. The second-order valence-corrected chi connectivity index (χ2v) is 5.19. The molecule has 1 aliphatic heterocycles. The molecule has 1 N–H and O–H groups in total. The molecular formula is C15H23NO. The van der Waals surface area contributed by atoms with Gasteiger partial charge in [-0.15, -0.1) is 0 Å². The molecule has 17 heavy (non-hydrogen) atoms. The molecule has 1 aromatic rings. The van der Waals surface area contributed by atoms with Crippen LogP contribution < -0.4 is 10.1 Å². The minimum absolute atomic E-state index is 0.515. The molecule has 1 atom stereocenters. The highest BCUT2D eigenvalue weighted by Gasteiger charge is 2.18. The van der Waals surface area contributed by atoms with Crippen LogP contribution in [0.3, 0.4) is 0 Å². The number of methoxy groups -OCH3 is 1. The first kappa shape index (κ1) is 12.4. The summed E-state index contributed by atoms with van der Waals surface area (Å²) in [5.74, 6) is 1.61. The highest BCUT2D eigenvalue weighted by Crippen LogP contribution is 2.31. The van der Waals surface area contributed by atoms with E-state index in [1.807, 2.05) is 0 Å². The normalized spacial score (nSPS) is 19.9. The van der Waals surface area contributed by atoms with Gasteiger partial charge in [0.15, 0.2) is 0 Å². The van der Waals surface area contributed by atoms with Crippen molar-refractivity contribution >= 4 is 0 Å². The Kier molecular flexibility index (Phi) is 4.06. The number of hydrogen-bond donors (Lipinski definition) is 1. The molecule has 2 rings (SSSR count). The van der Waals surface area contributed by atoms with Crippen LogP contribution in [0.15, 0.2) is 18.2 Å². The SMILES string of the molecule is COc1c(CC2CCCN2)cccc1C(C)C. The van der Waals surface area contributed by atoms with Gasteiger partial charge in [-0.2, -0.15) is 0 Å². The summed E-state index contributed by atoms with van der Waals surface area (Å²) in [6.45, 7) is 5.60. The molecule has 0 saturated carbocycles. The molecule has 1 saturated heterocycles. The van der Waals surface area contributed by atoms with Crippen LogP contribution in [-0.2, 0) is 6.42 Å². The molecule has 0 aliphatic carbocycles. The van der Waals surface area contributed by atoms with Gasteiger partial charge in [-0.1, -0.05) is 32.0 Å². The molecule has 1 unspecified atom stereocenters. The molecule has 0 radical (unpaired) electrons. The minimum atomic E-state index is 0.515. The maximum Gasteiger partial charge on any atom is 0.125 e. The van der Waals surface area contributed by atoms with E-state index in [1.165, 1.54) is 24.0 Å². The van der Waals surface area contributed by atoms with Crippen LogP contribution in [0.2, 0.25) is 0 Å². The lowest BCUT2D eigenvalue weighted by atomic mass is 9.95. The van der Waals surface area contributed by atoms with Gasteiger partial charge < -0.3 is 10.1 Å². The first-order valence-electron chi connectivity index (χ1n) is 6.61. The molecule has 0 spiro atoms. The molecule has 1 fully saturated rings. The second kappa shape index (κ2) is 5.54. The molecule has 2 heteroatoms. The monoisotopic (exact) mass is 233 g/mol. The highest BCUT2D eigenvalue weighted by atomic mass is 16.5. The fourth-order valence-electron chi connectivity index (χ4n) is 2.67. The van der Waals surface area contributed by atoms with Gasteiger partial charge in [0.05, 0.1) is 7.11 Å². The molecule has 1 aromatic carbocycles. The summed E-state index contributed by atoms with van der Waals surface area (Å²) >= 11 is 0.